The van der Waals surface area contributed by atoms with Gasteiger partial charge in [0.25, 0.3) is 5.91 Å². The summed E-state index contributed by atoms with van der Waals surface area (Å²) < 4.78 is 4.48. The van der Waals surface area contributed by atoms with Crippen LogP contribution in [0.1, 0.15) is 19.8 Å². The number of carbonyl (C=O) groups is 2. The summed E-state index contributed by atoms with van der Waals surface area (Å²) in [6.45, 7) is 2.53. The summed E-state index contributed by atoms with van der Waals surface area (Å²) in [4.78, 5) is 22.8. The van der Waals surface area contributed by atoms with Crippen molar-refractivity contribution >= 4 is 11.9 Å². The van der Waals surface area contributed by atoms with E-state index < -0.39 is 23.5 Å². The molecule has 0 bridgehead atoms. The highest BCUT2D eigenvalue weighted by Gasteiger charge is 2.38. The molecule has 0 radical (unpaired) electrons. The number of esters is 1. The summed E-state index contributed by atoms with van der Waals surface area (Å²) >= 11 is 0. The van der Waals surface area contributed by atoms with E-state index in [1.807, 2.05) is 0 Å². The Morgan fingerprint density at radius 1 is 1.56 bits per heavy atom. The van der Waals surface area contributed by atoms with E-state index in [4.69, 9.17) is 0 Å². The van der Waals surface area contributed by atoms with Crippen molar-refractivity contribution in [1.29, 1.82) is 0 Å². The molecule has 2 unspecified atom stereocenters. The van der Waals surface area contributed by atoms with Gasteiger partial charge in [-0.05, 0) is 26.3 Å². The summed E-state index contributed by atoms with van der Waals surface area (Å²) in [5.41, 5.74) is -1.42. The smallest absolute Gasteiger partial charge is 0.328 e. The van der Waals surface area contributed by atoms with Crippen molar-refractivity contribution in [1.82, 2.24) is 10.6 Å². The van der Waals surface area contributed by atoms with Crippen LogP contribution in [0.5, 0.6) is 0 Å². The molecule has 6 nitrogen and oxygen atoms in total. The zero-order valence-corrected chi connectivity index (χ0v) is 9.58. The van der Waals surface area contributed by atoms with Gasteiger partial charge in [-0.25, -0.2) is 4.79 Å². The summed E-state index contributed by atoms with van der Waals surface area (Å²) in [7, 11) is 1.25. The number of hydrogen-bond donors (Lipinski definition) is 3. The van der Waals surface area contributed by atoms with Crippen molar-refractivity contribution in [3.8, 4) is 0 Å². The minimum atomic E-state index is -1.42. The summed E-state index contributed by atoms with van der Waals surface area (Å²) in [5.74, 6) is -1.06. The van der Waals surface area contributed by atoms with Gasteiger partial charge >= 0.3 is 5.97 Å². The molecular formula is C10H18N2O4. The third-order valence-electron chi connectivity index (χ3n) is 2.69. The highest BCUT2D eigenvalue weighted by molar-refractivity contribution is 5.89. The Kier molecular flexibility index (Phi) is 4.26. The second kappa shape index (κ2) is 5.27. The van der Waals surface area contributed by atoms with Crippen LogP contribution in [0.2, 0.25) is 0 Å². The number of rotatable bonds is 3. The Labute approximate surface area is 94.3 Å². The second-order valence-corrected chi connectivity index (χ2v) is 4.03. The van der Waals surface area contributed by atoms with Crippen LogP contribution in [-0.2, 0) is 14.3 Å². The second-order valence-electron chi connectivity index (χ2n) is 4.03. The number of hydrogen-bond acceptors (Lipinski definition) is 5. The fourth-order valence-corrected chi connectivity index (χ4v) is 1.65. The van der Waals surface area contributed by atoms with Crippen LogP contribution in [0, 0.1) is 0 Å². The molecular weight excluding hydrogens is 212 g/mol. The van der Waals surface area contributed by atoms with Gasteiger partial charge in [0.15, 0.2) is 5.60 Å². The van der Waals surface area contributed by atoms with Crippen molar-refractivity contribution in [2.24, 2.45) is 0 Å². The van der Waals surface area contributed by atoms with Crippen LogP contribution in [0.4, 0.5) is 0 Å². The van der Waals surface area contributed by atoms with Crippen LogP contribution in [0.15, 0.2) is 0 Å². The molecule has 2 atom stereocenters. The zero-order chi connectivity index (χ0) is 12.2. The van der Waals surface area contributed by atoms with E-state index in [1.165, 1.54) is 14.0 Å². The van der Waals surface area contributed by atoms with Crippen molar-refractivity contribution in [3.63, 3.8) is 0 Å². The molecule has 16 heavy (non-hydrogen) atoms. The largest absolute Gasteiger partial charge is 0.467 e. The van der Waals surface area contributed by atoms with Crippen molar-refractivity contribution in [3.05, 3.63) is 0 Å². The molecule has 1 saturated heterocycles. The van der Waals surface area contributed by atoms with Gasteiger partial charge in [-0.15, -0.1) is 0 Å². The van der Waals surface area contributed by atoms with Crippen molar-refractivity contribution < 1.29 is 19.4 Å². The lowest BCUT2D eigenvalue weighted by molar-refractivity contribution is -0.149. The van der Waals surface area contributed by atoms with Crippen LogP contribution in [0.25, 0.3) is 0 Å². The molecule has 3 N–H and O–H groups in total. The highest BCUT2D eigenvalue weighted by Crippen LogP contribution is 2.16. The van der Waals surface area contributed by atoms with Gasteiger partial charge in [0.05, 0.1) is 7.11 Å². The first kappa shape index (κ1) is 12.9. The number of nitrogens with one attached hydrogen (secondary N) is 2. The number of ether oxygens (including phenoxy) is 1. The van der Waals surface area contributed by atoms with E-state index in [1.54, 1.807) is 0 Å². The molecule has 1 amide bonds. The Balaban J connectivity index is 2.53. The lowest BCUT2D eigenvalue weighted by Crippen LogP contribution is -2.58. The zero-order valence-electron chi connectivity index (χ0n) is 9.58. The third kappa shape index (κ3) is 2.93. The van der Waals surface area contributed by atoms with Crippen LogP contribution < -0.4 is 10.6 Å². The van der Waals surface area contributed by atoms with Crippen LogP contribution in [-0.4, -0.2) is 48.8 Å². The van der Waals surface area contributed by atoms with Gasteiger partial charge in [0, 0.05) is 6.54 Å². The molecule has 1 heterocycles. The Morgan fingerprint density at radius 2 is 2.25 bits per heavy atom. The monoisotopic (exact) mass is 230 g/mol. The van der Waals surface area contributed by atoms with E-state index in [2.05, 4.69) is 15.4 Å². The van der Waals surface area contributed by atoms with E-state index in [9.17, 15) is 14.7 Å². The van der Waals surface area contributed by atoms with Gasteiger partial charge in [-0.2, -0.15) is 0 Å². The molecule has 1 aliphatic heterocycles. The van der Waals surface area contributed by atoms with Crippen LogP contribution >= 0.6 is 0 Å². The number of aliphatic hydroxyl groups is 1. The van der Waals surface area contributed by atoms with Gasteiger partial charge in [-0.3, -0.25) is 4.79 Å². The molecule has 0 aliphatic carbocycles. The number of methoxy groups -OCH3 is 1. The fraction of sp³-hybridized carbons (Fsp3) is 0.800. The van der Waals surface area contributed by atoms with E-state index in [-0.39, 0.29) is 6.54 Å². The third-order valence-corrected chi connectivity index (χ3v) is 2.69. The maximum Gasteiger partial charge on any atom is 0.328 e. The highest BCUT2D eigenvalue weighted by atomic mass is 16.5. The first-order valence-corrected chi connectivity index (χ1v) is 5.31. The molecule has 1 aliphatic rings. The molecule has 92 valence electrons. The molecule has 6 heteroatoms. The minimum absolute atomic E-state index is 0.215. The van der Waals surface area contributed by atoms with Gasteiger partial charge in [0.1, 0.15) is 6.04 Å². The van der Waals surface area contributed by atoms with E-state index >= 15 is 0 Å². The molecule has 1 rings (SSSR count). The maximum absolute atomic E-state index is 11.7. The average Bonchev–Trinajstić information content (AvgIpc) is 2.28. The molecule has 0 spiro atoms. The summed E-state index contributed by atoms with van der Waals surface area (Å²) in [6, 6.07) is -0.747. The number of β-amino-alcohol motifs (C(OH)–C–C–N with tert-alkyl or cyclic N) is 1. The number of amides is 1. The molecule has 1 fully saturated rings. The fourth-order valence-electron chi connectivity index (χ4n) is 1.65. The standard InChI is InChI=1S/C10H18N2O4/c1-7(8(13)16-2)12-9(14)10(15)4-3-5-11-6-10/h7,11,15H,3-6H2,1-2H3,(H,12,14). The van der Waals surface area contributed by atoms with Gasteiger partial charge in [0.2, 0.25) is 0 Å². The molecule has 0 saturated carbocycles. The lowest BCUT2D eigenvalue weighted by Gasteiger charge is -2.31. The molecule has 0 aromatic rings. The molecule has 0 aromatic carbocycles. The number of carbonyl (C=O) groups excluding carboxylic acids is 2. The summed E-state index contributed by atoms with van der Waals surface area (Å²) in [6.07, 6.45) is 1.14. The van der Waals surface area contributed by atoms with Gasteiger partial charge < -0.3 is 20.5 Å². The SMILES string of the molecule is COC(=O)C(C)NC(=O)C1(O)CCCNC1. The van der Waals surface area contributed by atoms with E-state index in [0.29, 0.717) is 6.42 Å². The lowest BCUT2D eigenvalue weighted by atomic mass is 9.93. The van der Waals surface area contributed by atoms with Crippen LogP contribution in [0.3, 0.4) is 0 Å². The van der Waals surface area contributed by atoms with E-state index in [0.717, 1.165) is 13.0 Å². The Hall–Kier alpha value is -1.14. The maximum atomic E-state index is 11.7. The minimum Gasteiger partial charge on any atom is -0.467 e. The van der Waals surface area contributed by atoms with Gasteiger partial charge in [-0.1, -0.05) is 0 Å². The number of piperidine rings is 1. The topological polar surface area (TPSA) is 87.7 Å². The predicted molar refractivity (Wildman–Crippen MR) is 56.7 cm³/mol. The average molecular weight is 230 g/mol. The van der Waals surface area contributed by atoms with Crippen molar-refractivity contribution in [2.75, 3.05) is 20.2 Å². The first-order chi connectivity index (χ1) is 7.49. The predicted octanol–water partition coefficient (Wildman–Crippen LogP) is -1.22. The first-order valence-electron chi connectivity index (χ1n) is 5.31. The Morgan fingerprint density at radius 3 is 2.75 bits per heavy atom. The quantitative estimate of drug-likeness (QED) is 0.529. The molecule has 0 aromatic heterocycles. The normalized spacial score (nSPS) is 26.9. The summed E-state index contributed by atoms with van der Waals surface area (Å²) in [5, 5.41) is 15.4. The Bertz CT molecular complexity index is 274. The van der Waals surface area contributed by atoms with Crippen molar-refractivity contribution in [2.45, 2.75) is 31.4 Å².